The smallest absolute Gasteiger partial charge is 0.367 e. The summed E-state index contributed by atoms with van der Waals surface area (Å²) in [6.07, 6.45) is 1.70. The van der Waals surface area contributed by atoms with Gasteiger partial charge in [0.1, 0.15) is 6.61 Å². The number of hydrogen-bond donors (Lipinski definition) is 0. The Kier molecular flexibility index (Phi) is 6.04. The number of ether oxygens (including phenoxy) is 2. The molecule has 0 radical (unpaired) electrons. The van der Waals surface area contributed by atoms with Gasteiger partial charge in [0.2, 0.25) is 0 Å². The summed E-state index contributed by atoms with van der Waals surface area (Å²) in [7, 11) is 0. The molecule has 2 aromatic carbocycles. The zero-order chi connectivity index (χ0) is 19.4. The Balaban J connectivity index is 1.82. The predicted molar refractivity (Wildman–Crippen MR) is 106 cm³/mol. The van der Waals surface area contributed by atoms with E-state index in [0.717, 1.165) is 11.1 Å². The minimum atomic E-state index is -0.469. The fourth-order valence-corrected chi connectivity index (χ4v) is 2.95. The van der Waals surface area contributed by atoms with Crippen molar-refractivity contribution in [3.63, 3.8) is 0 Å². The van der Waals surface area contributed by atoms with Crippen LogP contribution in [0.5, 0.6) is 11.5 Å². The molecule has 0 spiro atoms. The molecule has 1 heterocycles. The number of benzene rings is 2. The van der Waals surface area contributed by atoms with Crippen LogP contribution in [0.25, 0.3) is 6.08 Å². The Bertz CT molecular complexity index is 938. The molecular weight excluding hydrogens is 389 g/mol. The van der Waals surface area contributed by atoms with Crippen molar-refractivity contribution in [2.45, 2.75) is 20.5 Å². The molecule has 0 aromatic heterocycles. The molecule has 0 aliphatic carbocycles. The van der Waals surface area contributed by atoms with E-state index < -0.39 is 5.97 Å². The van der Waals surface area contributed by atoms with Crippen LogP contribution in [0.15, 0.2) is 47.1 Å². The molecule has 7 heteroatoms. The number of carbonyl (C=O) groups excluding carboxylic acids is 1. The predicted octanol–water partition coefficient (Wildman–Crippen LogP) is 5.29. The van der Waals surface area contributed by atoms with Gasteiger partial charge in [-0.15, -0.1) is 0 Å². The molecule has 1 aliphatic rings. The Morgan fingerprint density at radius 3 is 2.59 bits per heavy atom. The molecule has 27 heavy (non-hydrogen) atoms. The molecule has 3 rings (SSSR count). The number of carbonyl (C=O) groups is 1. The molecule has 0 fully saturated rings. The zero-order valence-corrected chi connectivity index (χ0v) is 16.3. The lowest BCUT2D eigenvalue weighted by atomic mass is 10.1. The van der Waals surface area contributed by atoms with E-state index in [4.69, 9.17) is 32.7 Å². The van der Waals surface area contributed by atoms with Crippen LogP contribution >= 0.6 is 23.2 Å². The van der Waals surface area contributed by atoms with Gasteiger partial charge in [-0.2, -0.15) is 0 Å². The van der Waals surface area contributed by atoms with Gasteiger partial charge in [-0.05, 0) is 49.8 Å². The number of oxime groups is 1. The maximum absolute atomic E-state index is 11.7. The van der Waals surface area contributed by atoms with Crippen LogP contribution in [-0.2, 0) is 16.2 Å². The Labute approximate surface area is 167 Å². The topological polar surface area (TPSA) is 57.1 Å². The van der Waals surface area contributed by atoms with Crippen LogP contribution in [0, 0.1) is 0 Å². The first-order valence-electron chi connectivity index (χ1n) is 8.29. The van der Waals surface area contributed by atoms with Gasteiger partial charge in [0.15, 0.2) is 11.5 Å². The van der Waals surface area contributed by atoms with Crippen molar-refractivity contribution in [3.05, 3.63) is 63.1 Å². The Hall–Kier alpha value is -2.50. The van der Waals surface area contributed by atoms with Crippen molar-refractivity contribution in [2.75, 3.05) is 6.61 Å². The molecule has 1 aliphatic heterocycles. The zero-order valence-electron chi connectivity index (χ0n) is 14.8. The molecule has 5 nitrogen and oxygen atoms in total. The van der Waals surface area contributed by atoms with Crippen molar-refractivity contribution in [2.24, 2.45) is 5.16 Å². The van der Waals surface area contributed by atoms with Gasteiger partial charge in [-0.25, -0.2) is 4.79 Å². The van der Waals surface area contributed by atoms with Crippen LogP contribution in [-0.4, -0.2) is 18.3 Å². The summed E-state index contributed by atoms with van der Waals surface area (Å²) in [5, 5.41) is 4.78. The minimum Gasteiger partial charge on any atom is -0.490 e. The summed E-state index contributed by atoms with van der Waals surface area (Å²) < 4.78 is 11.6. The number of halogens is 2. The minimum absolute atomic E-state index is 0.272. The highest BCUT2D eigenvalue weighted by atomic mass is 35.5. The second-order valence-electron chi connectivity index (χ2n) is 5.78. The number of nitrogens with zero attached hydrogens (tertiary/aromatic N) is 1. The Morgan fingerprint density at radius 1 is 1.11 bits per heavy atom. The molecule has 0 bridgehead atoms. The summed E-state index contributed by atoms with van der Waals surface area (Å²) in [4.78, 5) is 16.4. The lowest BCUT2D eigenvalue weighted by Gasteiger charge is -2.13. The van der Waals surface area contributed by atoms with Crippen molar-refractivity contribution in [1.82, 2.24) is 0 Å². The first-order valence-corrected chi connectivity index (χ1v) is 9.05. The van der Waals surface area contributed by atoms with Crippen LogP contribution in [0.1, 0.15) is 25.0 Å². The van der Waals surface area contributed by atoms with Crippen LogP contribution in [0.4, 0.5) is 0 Å². The lowest BCUT2D eigenvalue weighted by molar-refractivity contribution is -0.136. The van der Waals surface area contributed by atoms with E-state index in [2.05, 4.69) is 9.99 Å². The molecule has 0 N–H and O–H groups in total. The monoisotopic (exact) mass is 405 g/mol. The SMILES string of the molecule is CCOc1cc(C=C2C(=O)ON=C2C)ccc1OCc1ccc(Cl)cc1Cl. The third-order valence-electron chi connectivity index (χ3n) is 3.85. The summed E-state index contributed by atoms with van der Waals surface area (Å²) in [6.45, 7) is 4.35. The fourth-order valence-electron chi connectivity index (χ4n) is 2.48. The normalized spacial score (nSPS) is 14.9. The van der Waals surface area contributed by atoms with E-state index in [1.807, 2.05) is 19.1 Å². The van der Waals surface area contributed by atoms with Crippen molar-refractivity contribution >= 4 is 41.0 Å². The van der Waals surface area contributed by atoms with Crippen molar-refractivity contribution in [3.8, 4) is 11.5 Å². The van der Waals surface area contributed by atoms with Gasteiger partial charge < -0.3 is 14.3 Å². The first kappa shape index (κ1) is 19.3. The maximum atomic E-state index is 11.7. The van der Waals surface area contributed by atoms with Crippen molar-refractivity contribution < 1.29 is 19.1 Å². The molecule has 0 saturated heterocycles. The van der Waals surface area contributed by atoms with E-state index in [1.54, 1.807) is 37.3 Å². The number of rotatable bonds is 6. The lowest BCUT2D eigenvalue weighted by Crippen LogP contribution is -2.03. The van der Waals surface area contributed by atoms with E-state index in [9.17, 15) is 4.79 Å². The molecule has 0 atom stereocenters. The van der Waals surface area contributed by atoms with Crippen LogP contribution in [0.3, 0.4) is 0 Å². The second kappa shape index (κ2) is 8.46. The third-order valence-corrected chi connectivity index (χ3v) is 4.44. The quantitative estimate of drug-likeness (QED) is 0.483. The second-order valence-corrected chi connectivity index (χ2v) is 6.62. The standard InChI is InChI=1S/C20H17Cl2NO4/c1-3-25-19-9-13(8-16-12(2)23-27-20(16)24)4-7-18(19)26-11-14-5-6-15(21)10-17(14)22/h4-10H,3,11H2,1-2H3. The summed E-state index contributed by atoms with van der Waals surface area (Å²) >= 11 is 12.1. The van der Waals surface area contributed by atoms with E-state index in [0.29, 0.717) is 39.4 Å². The number of hydrogen-bond acceptors (Lipinski definition) is 5. The molecule has 0 unspecified atom stereocenters. The Morgan fingerprint density at radius 2 is 1.93 bits per heavy atom. The van der Waals surface area contributed by atoms with Gasteiger partial charge in [0.25, 0.3) is 0 Å². The van der Waals surface area contributed by atoms with Gasteiger partial charge in [0, 0.05) is 15.6 Å². The highest BCUT2D eigenvalue weighted by Gasteiger charge is 2.22. The fraction of sp³-hybridized carbons (Fsp3) is 0.200. The average Bonchev–Trinajstić information content (AvgIpc) is 2.94. The summed E-state index contributed by atoms with van der Waals surface area (Å²) in [6, 6.07) is 10.7. The van der Waals surface area contributed by atoms with Crippen molar-refractivity contribution in [1.29, 1.82) is 0 Å². The van der Waals surface area contributed by atoms with E-state index in [-0.39, 0.29) is 6.61 Å². The van der Waals surface area contributed by atoms with Gasteiger partial charge >= 0.3 is 5.97 Å². The molecule has 0 amide bonds. The largest absolute Gasteiger partial charge is 0.490 e. The van der Waals surface area contributed by atoms with Gasteiger partial charge in [0.05, 0.1) is 17.9 Å². The average molecular weight is 406 g/mol. The molecule has 0 saturated carbocycles. The first-order chi connectivity index (χ1) is 13.0. The van der Waals surface area contributed by atoms with Gasteiger partial charge in [-0.3, -0.25) is 0 Å². The van der Waals surface area contributed by atoms with Gasteiger partial charge in [-0.1, -0.05) is 40.5 Å². The van der Waals surface area contributed by atoms with Crippen LogP contribution < -0.4 is 9.47 Å². The van der Waals surface area contributed by atoms with E-state index >= 15 is 0 Å². The molecular formula is C20H17Cl2NO4. The molecule has 2 aromatic rings. The molecule has 140 valence electrons. The third kappa shape index (κ3) is 4.62. The highest BCUT2D eigenvalue weighted by molar-refractivity contribution is 6.35. The van der Waals surface area contributed by atoms with Crippen LogP contribution in [0.2, 0.25) is 10.0 Å². The van der Waals surface area contributed by atoms with E-state index in [1.165, 1.54) is 0 Å². The summed E-state index contributed by atoms with van der Waals surface area (Å²) in [5.41, 5.74) is 2.55. The maximum Gasteiger partial charge on any atom is 0.367 e. The highest BCUT2D eigenvalue weighted by Crippen LogP contribution is 2.31. The summed E-state index contributed by atoms with van der Waals surface area (Å²) in [5.74, 6) is 0.672.